The summed E-state index contributed by atoms with van der Waals surface area (Å²) in [4.78, 5) is 0. The molecule has 0 saturated carbocycles. The molecule has 2 aromatic rings. The minimum atomic E-state index is -1.56. The summed E-state index contributed by atoms with van der Waals surface area (Å²) in [5.74, 6) is 3.02. The van der Waals surface area contributed by atoms with E-state index in [1.54, 1.807) is 0 Å². The summed E-state index contributed by atoms with van der Waals surface area (Å²) in [5.41, 5.74) is 2.81. The first-order chi connectivity index (χ1) is 13.0. The molecule has 2 rings (SSSR count). The predicted octanol–water partition coefficient (Wildman–Crippen LogP) is 7.80. The topological polar surface area (TPSA) is 18.5 Å². The molecule has 0 N–H and O–H groups in total. The first kappa shape index (κ1) is 22.8. The molecule has 0 heterocycles. The van der Waals surface area contributed by atoms with Crippen molar-refractivity contribution in [3.05, 3.63) is 59.7 Å². The number of hydrogen-bond acceptors (Lipinski definition) is 2. The molecule has 2 unspecified atom stereocenters. The molecule has 2 aromatic carbocycles. The fraction of sp³-hybridized carbons (Fsp3) is 0.500. The Balaban J connectivity index is 2.21. The maximum atomic E-state index is 6.12. The van der Waals surface area contributed by atoms with Crippen molar-refractivity contribution < 1.29 is 8.85 Å². The van der Waals surface area contributed by atoms with Gasteiger partial charge in [0.25, 0.3) is 0 Å². The molecule has 2 atom stereocenters. The molecule has 0 saturated heterocycles. The average molecular weight is 415 g/mol. The molecule has 0 aliphatic rings. The average Bonchev–Trinajstić information content (AvgIpc) is 2.59. The molecule has 0 fully saturated rings. The van der Waals surface area contributed by atoms with Crippen molar-refractivity contribution in [3.8, 4) is 11.5 Å². The van der Waals surface area contributed by atoms with E-state index in [1.807, 2.05) is 0 Å². The van der Waals surface area contributed by atoms with Crippen molar-refractivity contribution in [1.82, 2.24) is 0 Å². The third-order valence-corrected chi connectivity index (χ3v) is 6.53. The zero-order valence-corrected chi connectivity index (χ0v) is 21.0. The van der Waals surface area contributed by atoms with Gasteiger partial charge in [0.2, 0.25) is 16.6 Å². The Morgan fingerprint density at radius 1 is 0.571 bits per heavy atom. The van der Waals surface area contributed by atoms with Crippen LogP contribution in [0.15, 0.2) is 48.5 Å². The van der Waals surface area contributed by atoms with E-state index in [0.717, 1.165) is 24.3 Å². The van der Waals surface area contributed by atoms with Crippen LogP contribution in [0.5, 0.6) is 11.5 Å². The number of rotatable bonds is 9. The molecular weight excluding hydrogens is 376 g/mol. The van der Waals surface area contributed by atoms with Crippen LogP contribution in [0.25, 0.3) is 0 Å². The Kier molecular flexibility index (Phi) is 7.57. The normalized spacial score (nSPS) is 14.4. The Morgan fingerprint density at radius 3 is 1.07 bits per heavy atom. The molecule has 0 aliphatic heterocycles. The lowest BCUT2D eigenvalue weighted by Crippen LogP contribution is -2.29. The van der Waals surface area contributed by atoms with Gasteiger partial charge in [-0.05, 0) is 99.4 Å². The lowest BCUT2D eigenvalue weighted by Gasteiger charge is -2.27. The van der Waals surface area contributed by atoms with E-state index in [0.29, 0.717) is 11.8 Å². The fourth-order valence-electron chi connectivity index (χ4n) is 3.78. The van der Waals surface area contributed by atoms with Crippen LogP contribution in [0.1, 0.15) is 49.7 Å². The molecule has 0 bridgehead atoms. The third kappa shape index (κ3) is 6.82. The standard InChI is InChI=1S/C24H38O2Si2/c1-9-23(19-11-15-21(16-12-19)25-27(3,4)5)24(10-2)20-13-17-22(18-14-20)26-28(6,7)8/h11-18,23-24H,9-10H2,1-8H3. The Bertz CT molecular complexity index is 660. The van der Waals surface area contributed by atoms with Gasteiger partial charge in [0, 0.05) is 0 Å². The van der Waals surface area contributed by atoms with Gasteiger partial charge in [-0.2, -0.15) is 0 Å². The Hall–Kier alpha value is -1.53. The van der Waals surface area contributed by atoms with Gasteiger partial charge in [0.05, 0.1) is 0 Å². The van der Waals surface area contributed by atoms with E-state index < -0.39 is 16.6 Å². The molecule has 28 heavy (non-hydrogen) atoms. The predicted molar refractivity (Wildman–Crippen MR) is 127 cm³/mol. The molecular formula is C24H38O2Si2. The van der Waals surface area contributed by atoms with Gasteiger partial charge in [-0.15, -0.1) is 0 Å². The van der Waals surface area contributed by atoms with Crippen LogP contribution >= 0.6 is 0 Å². The quantitative estimate of drug-likeness (QED) is 0.390. The van der Waals surface area contributed by atoms with Crippen molar-refractivity contribution in [2.24, 2.45) is 0 Å². The minimum absolute atomic E-state index is 0.509. The molecule has 0 radical (unpaired) electrons. The van der Waals surface area contributed by atoms with Crippen LogP contribution in [0, 0.1) is 0 Å². The van der Waals surface area contributed by atoms with Crippen molar-refractivity contribution in [2.45, 2.75) is 77.8 Å². The van der Waals surface area contributed by atoms with Crippen LogP contribution in [0.3, 0.4) is 0 Å². The van der Waals surface area contributed by atoms with Crippen molar-refractivity contribution in [1.29, 1.82) is 0 Å². The number of hydrogen-bond donors (Lipinski definition) is 0. The second-order valence-electron chi connectivity index (χ2n) is 9.60. The molecule has 0 aromatic heterocycles. The van der Waals surface area contributed by atoms with Crippen LogP contribution in [-0.4, -0.2) is 16.6 Å². The summed E-state index contributed by atoms with van der Waals surface area (Å²) in [6.45, 7) is 17.9. The van der Waals surface area contributed by atoms with Gasteiger partial charge < -0.3 is 8.85 Å². The fourth-order valence-corrected chi connectivity index (χ4v) is 5.46. The summed E-state index contributed by atoms with van der Waals surface area (Å²) >= 11 is 0. The summed E-state index contributed by atoms with van der Waals surface area (Å²) < 4.78 is 12.2. The number of benzene rings is 2. The molecule has 0 spiro atoms. The highest BCUT2D eigenvalue weighted by atomic mass is 28.4. The lowest BCUT2D eigenvalue weighted by atomic mass is 9.78. The second-order valence-corrected chi connectivity index (χ2v) is 18.5. The maximum absolute atomic E-state index is 6.12. The summed E-state index contributed by atoms with van der Waals surface area (Å²) in [5, 5.41) is 0. The summed E-state index contributed by atoms with van der Waals surface area (Å²) in [7, 11) is -3.13. The van der Waals surface area contributed by atoms with Gasteiger partial charge in [-0.25, -0.2) is 0 Å². The monoisotopic (exact) mass is 414 g/mol. The maximum Gasteiger partial charge on any atom is 0.242 e. The largest absolute Gasteiger partial charge is 0.544 e. The summed E-state index contributed by atoms with van der Waals surface area (Å²) in [6.07, 6.45) is 2.25. The van der Waals surface area contributed by atoms with Gasteiger partial charge in [0.15, 0.2) is 0 Å². The van der Waals surface area contributed by atoms with E-state index in [2.05, 4.69) is 102 Å². The van der Waals surface area contributed by atoms with E-state index >= 15 is 0 Å². The highest BCUT2D eigenvalue weighted by molar-refractivity contribution is 6.70. The van der Waals surface area contributed by atoms with Gasteiger partial charge in [-0.1, -0.05) is 38.1 Å². The Morgan fingerprint density at radius 2 is 0.857 bits per heavy atom. The van der Waals surface area contributed by atoms with E-state index in [9.17, 15) is 0 Å². The van der Waals surface area contributed by atoms with Crippen molar-refractivity contribution >= 4 is 16.6 Å². The van der Waals surface area contributed by atoms with E-state index in [4.69, 9.17) is 8.85 Å². The van der Waals surface area contributed by atoms with Crippen LogP contribution in [0.4, 0.5) is 0 Å². The molecule has 4 heteroatoms. The SMILES string of the molecule is CCC(c1ccc(O[Si](C)(C)C)cc1)C(CC)c1ccc(O[Si](C)(C)C)cc1. The molecule has 0 aliphatic carbocycles. The smallest absolute Gasteiger partial charge is 0.242 e. The Labute approximate surface area is 174 Å². The highest BCUT2D eigenvalue weighted by Crippen LogP contribution is 2.39. The zero-order valence-electron chi connectivity index (χ0n) is 19.0. The van der Waals surface area contributed by atoms with E-state index in [1.165, 1.54) is 11.1 Å². The van der Waals surface area contributed by atoms with Crippen LogP contribution in [0.2, 0.25) is 39.3 Å². The molecule has 2 nitrogen and oxygen atoms in total. The first-order valence-corrected chi connectivity index (χ1v) is 17.4. The van der Waals surface area contributed by atoms with Gasteiger partial charge in [0.1, 0.15) is 11.5 Å². The van der Waals surface area contributed by atoms with E-state index in [-0.39, 0.29) is 0 Å². The highest BCUT2D eigenvalue weighted by Gasteiger charge is 2.23. The van der Waals surface area contributed by atoms with Crippen molar-refractivity contribution in [2.75, 3.05) is 0 Å². The molecule has 154 valence electrons. The lowest BCUT2D eigenvalue weighted by molar-refractivity contribution is 0.506. The van der Waals surface area contributed by atoms with Gasteiger partial charge in [-0.3, -0.25) is 0 Å². The first-order valence-electron chi connectivity index (χ1n) is 10.6. The third-order valence-electron chi connectivity index (χ3n) is 4.83. The summed E-state index contributed by atoms with van der Waals surface area (Å²) in [6, 6.07) is 17.6. The minimum Gasteiger partial charge on any atom is -0.544 e. The van der Waals surface area contributed by atoms with Gasteiger partial charge >= 0.3 is 0 Å². The molecule has 0 amide bonds. The zero-order chi connectivity index (χ0) is 20.9. The van der Waals surface area contributed by atoms with Crippen LogP contribution < -0.4 is 8.85 Å². The second kappa shape index (κ2) is 9.31. The van der Waals surface area contributed by atoms with Crippen molar-refractivity contribution in [3.63, 3.8) is 0 Å². The van der Waals surface area contributed by atoms with Crippen LogP contribution in [-0.2, 0) is 0 Å².